The summed E-state index contributed by atoms with van der Waals surface area (Å²) in [5.41, 5.74) is 9.87. The molecule has 0 aliphatic rings. The Morgan fingerprint density at radius 1 is 0.242 bits per heavy atom. The van der Waals surface area contributed by atoms with Crippen molar-refractivity contribution >= 4 is 142 Å². The summed E-state index contributed by atoms with van der Waals surface area (Å²) in [4.78, 5) is 11.1. The van der Waals surface area contributed by atoms with Gasteiger partial charge in [-0.1, -0.05) is 297 Å². The first-order chi connectivity index (χ1) is 45.0. The second kappa shape index (κ2) is 22.0. The third kappa shape index (κ3) is 8.35. The van der Waals surface area contributed by atoms with Gasteiger partial charge in [-0.25, -0.2) is 9.97 Å². The Balaban J connectivity index is 0.930. The molecule has 0 aliphatic heterocycles. The summed E-state index contributed by atoms with van der Waals surface area (Å²) in [6.45, 7) is 0.581. The van der Waals surface area contributed by atoms with E-state index >= 15 is 0 Å². The molecule has 6 nitrogen and oxygen atoms in total. The van der Waals surface area contributed by atoms with Crippen LogP contribution in [-0.4, -0.2) is 52.1 Å². The lowest BCUT2D eigenvalue weighted by molar-refractivity contribution is 0.848. The molecule has 17 rings (SSSR count). The van der Waals surface area contributed by atoms with Crippen LogP contribution in [0.15, 0.2) is 346 Å². The number of hydrogen-bond acceptors (Lipinski definition) is 2. The van der Waals surface area contributed by atoms with Crippen molar-refractivity contribution < 1.29 is 0 Å². The van der Waals surface area contributed by atoms with Crippen molar-refractivity contribution in [1.82, 2.24) is 27.9 Å². The minimum atomic E-state index is -3.11. The second-order valence-corrected chi connectivity index (χ2v) is 35.5. The third-order valence-corrected chi connectivity index (χ3v) is 33.8. The number of benzene rings is 13. The molecule has 0 unspecified atom stereocenters. The van der Waals surface area contributed by atoms with Crippen LogP contribution in [0, 0.1) is 0 Å². The van der Waals surface area contributed by atoms with Crippen LogP contribution in [0.5, 0.6) is 0 Å². The number of aromatic nitrogens is 6. The van der Waals surface area contributed by atoms with E-state index in [1.165, 1.54) is 67.8 Å². The molecule has 4 aromatic heterocycles. The topological polar surface area (TPSA) is 44.5 Å². The first kappa shape index (κ1) is 54.2. The molecule has 0 radical (unpaired) electrons. The van der Waals surface area contributed by atoms with Gasteiger partial charge in [0.15, 0.2) is 24.2 Å². The van der Waals surface area contributed by atoms with E-state index in [0.29, 0.717) is 6.54 Å². The number of rotatable bonds is 14. The molecule has 0 amide bonds. The van der Waals surface area contributed by atoms with E-state index in [-0.39, 0.29) is 0 Å². The Morgan fingerprint density at radius 3 is 0.956 bits per heavy atom. The van der Waals surface area contributed by atoms with Gasteiger partial charge in [-0.15, -0.1) is 0 Å². The van der Waals surface area contributed by atoms with E-state index in [0.717, 1.165) is 55.7 Å². The first-order valence-corrected chi connectivity index (χ1v) is 37.4. The van der Waals surface area contributed by atoms with Crippen molar-refractivity contribution in [1.29, 1.82) is 0 Å². The van der Waals surface area contributed by atoms with Crippen molar-refractivity contribution in [3.8, 4) is 0 Å². The maximum atomic E-state index is 5.79. The Hall–Kier alpha value is -10.9. The van der Waals surface area contributed by atoms with Gasteiger partial charge in [0.05, 0.1) is 50.7 Å². The van der Waals surface area contributed by atoms with E-state index in [1.54, 1.807) is 0 Å². The van der Waals surface area contributed by atoms with E-state index in [9.17, 15) is 0 Å². The molecule has 91 heavy (non-hydrogen) atoms. The zero-order chi connectivity index (χ0) is 60.5. The maximum Gasteiger partial charge on any atom is 0.216 e. The van der Waals surface area contributed by atoms with Gasteiger partial charge < -0.3 is 9.13 Å². The maximum absolute atomic E-state index is 5.79. The Labute approximate surface area is 531 Å². The van der Waals surface area contributed by atoms with E-state index in [2.05, 4.69) is 371 Å². The molecule has 0 N–H and O–H groups in total. The summed E-state index contributed by atoms with van der Waals surface area (Å²) in [6, 6.07) is 130. The predicted octanol–water partition coefficient (Wildman–Crippen LogP) is 9.92. The molecule has 9 heteroatoms. The van der Waals surface area contributed by atoms with Crippen molar-refractivity contribution in [3.63, 3.8) is 0 Å². The van der Waals surface area contributed by atoms with Crippen LogP contribution in [-0.2, 0) is 13.6 Å². The standard InChI is InChI=1S/C82H62N6Si3/c1-85-75-47-26-27-48-77(75)87-78-57-71(50-52-73(78)83-81(85)87)91(67-42-22-8-23-43-67,68-44-24-9-25-45-68)69-46-28-29-60(55-69)59-86-76-54-51-72(90(64-36-16-5-17-37-64,65-38-18-6-19-39-65)66-40-20-7-21-41-66)58-80(76)88-79-56-70(49-53-74(79)84-82(86)88)89(61-30-10-2-11-31-61,62-32-12-3-13-33-62)63-34-14-4-15-35-63/h2-58H,59H2,1H3. The monoisotopic (exact) mass is 1210 g/mol. The fourth-order valence-corrected chi connectivity index (χ4v) is 29.9. The smallest absolute Gasteiger partial charge is 0.216 e. The van der Waals surface area contributed by atoms with Crippen molar-refractivity contribution in [2.24, 2.45) is 7.05 Å². The number of fused-ring (bicyclic) bond motifs is 10. The molecule has 4 heterocycles. The molecule has 0 fully saturated rings. The molecular formula is C82H62N6Si3. The number of nitrogens with zero attached hydrogens (tertiary/aromatic N) is 6. The van der Waals surface area contributed by atoms with Crippen molar-refractivity contribution in [2.75, 3.05) is 0 Å². The highest BCUT2D eigenvalue weighted by Crippen LogP contribution is 2.30. The number of para-hydroxylation sites is 2. The quantitative estimate of drug-likeness (QED) is 0.0805. The van der Waals surface area contributed by atoms with Gasteiger partial charge in [-0.3, -0.25) is 8.80 Å². The summed E-state index contributed by atoms with van der Waals surface area (Å²) in [7, 11) is -6.94. The molecule has 432 valence electrons. The molecule has 0 spiro atoms. The minimum Gasteiger partial charge on any atom is -0.313 e. The number of imidazole rings is 4. The van der Waals surface area contributed by atoms with Gasteiger partial charge in [-0.2, -0.15) is 0 Å². The zero-order valence-corrected chi connectivity index (χ0v) is 53.3. The normalized spacial score (nSPS) is 12.3. The summed E-state index contributed by atoms with van der Waals surface area (Å²) in [5, 5.41) is 15.8. The van der Waals surface area contributed by atoms with Gasteiger partial charge in [-0.05, 0) is 116 Å². The second-order valence-electron chi connectivity index (χ2n) is 24.1. The lowest BCUT2D eigenvalue weighted by atomic mass is 10.2. The SMILES string of the molecule is Cn1c2ccccc2n2c3cc([Si](c4ccccc4)(c4ccccc4)c4cccc(Cn5c6ccc([Si](c7ccccc7)(c7ccccc7)c7ccccc7)cc6n6c7cc([Si](c8ccccc8)(c8ccccc8)c8ccccc8)ccc7nc56)c4)ccc3nc12. The van der Waals surface area contributed by atoms with Gasteiger partial charge >= 0.3 is 0 Å². The highest BCUT2D eigenvalue weighted by atomic mass is 28.3. The van der Waals surface area contributed by atoms with E-state index in [4.69, 9.17) is 9.97 Å². The highest BCUT2D eigenvalue weighted by molar-refractivity contribution is 7.21. The third-order valence-electron chi connectivity index (χ3n) is 19.5. The molecule has 0 saturated carbocycles. The fraction of sp³-hybridized carbons (Fsp3) is 0.0244. The van der Waals surface area contributed by atoms with Crippen LogP contribution in [0.1, 0.15) is 5.56 Å². The van der Waals surface area contributed by atoms with Crippen LogP contribution >= 0.6 is 0 Å². The van der Waals surface area contributed by atoms with E-state index in [1.807, 2.05) is 0 Å². The number of aryl methyl sites for hydroxylation is 1. The van der Waals surface area contributed by atoms with Gasteiger partial charge in [0.25, 0.3) is 0 Å². The Bertz CT molecular complexity index is 5270. The highest BCUT2D eigenvalue weighted by Gasteiger charge is 2.45. The van der Waals surface area contributed by atoms with Crippen LogP contribution in [0.25, 0.3) is 55.7 Å². The number of hydrogen-bond donors (Lipinski definition) is 0. The van der Waals surface area contributed by atoms with Crippen LogP contribution in [0.2, 0.25) is 0 Å². The van der Waals surface area contributed by atoms with Gasteiger partial charge in [0.1, 0.15) is 0 Å². The van der Waals surface area contributed by atoms with Crippen molar-refractivity contribution in [2.45, 2.75) is 6.54 Å². The molecule has 17 aromatic rings. The summed E-state index contributed by atoms with van der Waals surface area (Å²) >= 11 is 0. The fourth-order valence-electron chi connectivity index (χ4n) is 15.5. The van der Waals surface area contributed by atoms with Crippen LogP contribution < -0.4 is 62.2 Å². The Morgan fingerprint density at radius 2 is 0.549 bits per heavy atom. The summed E-state index contributed by atoms with van der Waals surface area (Å²) in [6.07, 6.45) is 0. The first-order valence-electron chi connectivity index (χ1n) is 31.4. The molecule has 0 aliphatic carbocycles. The minimum absolute atomic E-state index is 0.581. The lowest BCUT2D eigenvalue weighted by Gasteiger charge is -2.34. The predicted molar refractivity (Wildman–Crippen MR) is 387 cm³/mol. The largest absolute Gasteiger partial charge is 0.313 e. The molecular weight excluding hydrogens is 1150 g/mol. The zero-order valence-electron chi connectivity index (χ0n) is 50.3. The molecule has 0 atom stereocenters. The van der Waals surface area contributed by atoms with E-state index < -0.39 is 24.2 Å². The van der Waals surface area contributed by atoms with Crippen LogP contribution in [0.4, 0.5) is 0 Å². The molecule has 0 saturated heterocycles. The lowest BCUT2D eigenvalue weighted by Crippen LogP contribution is -2.74. The van der Waals surface area contributed by atoms with Crippen LogP contribution in [0.3, 0.4) is 0 Å². The van der Waals surface area contributed by atoms with Gasteiger partial charge in [0, 0.05) is 7.05 Å². The van der Waals surface area contributed by atoms with Crippen molar-refractivity contribution in [3.05, 3.63) is 351 Å². The summed E-state index contributed by atoms with van der Waals surface area (Å²) < 4.78 is 9.56. The Kier molecular flexibility index (Phi) is 13.1. The van der Waals surface area contributed by atoms with Gasteiger partial charge in [0.2, 0.25) is 11.6 Å². The molecule has 0 bridgehead atoms. The summed E-state index contributed by atoms with van der Waals surface area (Å²) in [5.74, 6) is 1.84. The average molecular weight is 1220 g/mol. The average Bonchev–Trinajstić information content (AvgIpc) is 1.68. The molecule has 13 aromatic carbocycles.